The van der Waals surface area contributed by atoms with E-state index in [1.807, 2.05) is 19.9 Å². The molecule has 1 N–H and O–H groups in total. The standard InChI is InChI=1S/C20H25FN2O3S/c1-15-6-4-7-19(14-15)23(27(3,25)26)13-5-8-20(24)22-16(2)17-9-11-18(21)12-10-17/h4,6-7,9-12,14,16H,5,8,13H2,1-3H3,(H,22,24)/t16-/m0/s1. The number of aryl methyl sites for hydroxylation is 1. The van der Waals surface area contributed by atoms with Gasteiger partial charge in [0.25, 0.3) is 0 Å². The first kappa shape index (κ1) is 20.9. The molecule has 146 valence electrons. The quantitative estimate of drug-likeness (QED) is 0.747. The number of hydrogen-bond acceptors (Lipinski definition) is 3. The Morgan fingerprint density at radius 1 is 1.19 bits per heavy atom. The molecule has 0 aliphatic carbocycles. The Morgan fingerprint density at radius 2 is 1.85 bits per heavy atom. The van der Waals surface area contributed by atoms with E-state index in [4.69, 9.17) is 0 Å². The average molecular weight is 392 g/mol. The molecule has 0 heterocycles. The van der Waals surface area contributed by atoms with Crippen molar-refractivity contribution in [1.82, 2.24) is 5.32 Å². The van der Waals surface area contributed by atoms with Crippen molar-refractivity contribution >= 4 is 21.6 Å². The molecule has 1 atom stereocenters. The Balaban J connectivity index is 1.92. The van der Waals surface area contributed by atoms with E-state index in [-0.39, 0.29) is 30.7 Å². The normalized spacial score (nSPS) is 12.4. The minimum Gasteiger partial charge on any atom is -0.350 e. The van der Waals surface area contributed by atoms with Gasteiger partial charge in [-0.2, -0.15) is 0 Å². The Kier molecular flexibility index (Phi) is 6.96. The fourth-order valence-electron chi connectivity index (χ4n) is 2.80. The summed E-state index contributed by atoms with van der Waals surface area (Å²) in [7, 11) is -3.44. The summed E-state index contributed by atoms with van der Waals surface area (Å²) in [6, 6.07) is 13.0. The molecular formula is C20H25FN2O3S. The molecule has 2 aromatic rings. The Morgan fingerprint density at radius 3 is 2.44 bits per heavy atom. The van der Waals surface area contributed by atoms with Crippen molar-refractivity contribution in [3.63, 3.8) is 0 Å². The summed E-state index contributed by atoms with van der Waals surface area (Å²) in [5.41, 5.74) is 2.37. The van der Waals surface area contributed by atoms with Crippen LogP contribution >= 0.6 is 0 Å². The third-order valence-corrected chi connectivity index (χ3v) is 5.40. The van der Waals surface area contributed by atoms with Crippen LogP contribution in [0.15, 0.2) is 48.5 Å². The van der Waals surface area contributed by atoms with Crippen LogP contribution in [0.3, 0.4) is 0 Å². The van der Waals surface area contributed by atoms with E-state index < -0.39 is 10.0 Å². The molecule has 0 aliphatic rings. The first-order chi connectivity index (χ1) is 12.7. The molecular weight excluding hydrogens is 367 g/mol. The van der Waals surface area contributed by atoms with Gasteiger partial charge in [0, 0.05) is 13.0 Å². The van der Waals surface area contributed by atoms with Crippen LogP contribution in [0.25, 0.3) is 0 Å². The number of halogens is 1. The highest BCUT2D eigenvalue weighted by atomic mass is 32.2. The molecule has 0 aliphatic heterocycles. The van der Waals surface area contributed by atoms with Gasteiger partial charge < -0.3 is 5.32 Å². The molecule has 0 radical (unpaired) electrons. The van der Waals surface area contributed by atoms with Crippen molar-refractivity contribution in [2.24, 2.45) is 0 Å². The molecule has 0 saturated heterocycles. The number of carbonyl (C=O) groups excluding carboxylic acids is 1. The second-order valence-electron chi connectivity index (χ2n) is 6.62. The molecule has 2 aromatic carbocycles. The first-order valence-corrected chi connectivity index (χ1v) is 10.6. The summed E-state index contributed by atoms with van der Waals surface area (Å²) in [4.78, 5) is 12.2. The molecule has 27 heavy (non-hydrogen) atoms. The van der Waals surface area contributed by atoms with E-state index in [0.29, 0.717) is 12.1 Å². The van der Waals surface area contributed by atoms with Gasteiger partial charge in [0.05, 0.1) is 18.0 Å². The van der Waals surface area contributed by atoms with Crippen LogP contribution < -0.4 is 9.62 Å². The zero-order valence-corrected chi connectivity index (χ0v) is 16.6. The van der Waals surface area contributed by atoms with Crippen LogP contribution in [0, 0.1) is 12.7 Å². The molecule has 0 saturated carbocycles. The maximum atomic E-state index is 13.0. The molecule has 0 unspecified atom stereocenters. The number of hydrogen-bond donors (Lipinski definition) is 1. The van der Waals surface area contributed by atoms with Crippen LogP contribution in [0.4, 0.5) is 10.1 Å². The summed E-state index contributed by atoms with van der Waals surface area (Å²) < 4.78 is 38.5. The zero-order valence-electron chi connectivity index (χ0n) is 15.8. The van der Waals surface area contributed by atoms with E-state index in [9.17, 15) is 17.6 Å². The van der Waals surface area contributed by atoms with Crippen LogP contribution in [0.5, 0.6) is 0 Å². The van der Waals surface area contributed by atoms with Crippen molar-refractivity contribution in [3.05, 3.63) is 65.5 Å². The molecule has 0 aromatic heterocycles. The van der Waals surface area contributed by atoms with Crippen LogP contribution in [0.2, 0.25) is 0 Å². The number of rotatable bonds is 8. The number of nitrogens with zero attached hydrogens (tertiary/aromatic N) is 1. The SMILES string of the molecule is Cc1cccc(N(CCCC(=O)N[C@@H](C)c2ccc(F)cc2)S(C)(=O)=O)c1. The minimum atomic E-state index is -3.44. The van der Waals surface area contributed by atoms with Gasteiger partial charge >= 0.3 is 0 Å². The van der Waals surface area contributed by atoms with E-state index >= 15 is 0 Å². The topological polar surface area (TPSA) is 66.5 Å². The molecule has 0 fully saturated rings. The second-order valence-corrected chi connectivity index (χ2v) is 8.53. The lowest BCUT2D eigenvalue weighted by atomic mass is 10.1. The maximum absolute atomic E-state index is 13.0. The van der Waals surface area contributed by atoms with Crippen LogP contribution in [0.1, 0.15) is 36.9 Å². The summed E-state index contributed by atoms with van der Waals surface area (Å²) in [6.45, 7) is 3.94. The third-order valence-electron chi connectivity index (χ3n) is 4.20. The highest BCUT2D eigenvalue weighted by molar-refractivity contribution is 7.92. The Bertz CT molecular complexity index is 882. The molecule has 2 rings (SSSR count). The number of amides is 1. The van der Waals surface area contributed by atoms with Gasteiger partial charge in [-0.3, -0.25) is 9.10 Å². The van der Waals surface area contributed by atoms with E-state index in [1.54, 1.807) is 30.3 Å². The zero-order chi connectivity index (χ0) is 20.0. The average Bonchev–Trinajstić information content (AvgIpc) is 2.58. The third kappa shape index (κ3) is 6.36. The highest BCUT2D eigenvalue weighted by Gasteiger charge is 2.18. The molecule has 0 spiro atoms. The molecule has 5 nitrogen and oxygen atoms in total. The van der Waals surface area contributed by atoms with Crippen molar-refractivity contribution in [1.29, 1.82) is 0 Å². The van der Waals surface area contributed by atoms with E-state index in [1.165, 1.54) is 16.4 Å². The molecule has 0 bridgehead atoms. The first-order valence-electron chi connectivity index (χ1n) is 8.76. The van der Waals surface area contributed by atoms with E-state index in [0.717, 1.165) is 17.4 Å². The molecule has 1 amide bonds. The summed E-state index contributed by atoms with van der Waals surface area (Å²) >= 11 is 0. The number of sulfonamides is 1. The van der Waals surface area contributed by atoms with Crippen LogP contribution in [-0.4, -0.2) is 27.1 Å². The fourth-order valence-corrected chi connectivity index (χ4v) is 3.76. The number of benzene rings is 2. The van der Waals surface area contributed by atoms with Crippen molar-refractivity contribution in [2.45, 2.75) is 32.7 Å². The summed E-state index contributed by atoms with van der Waals surface area (Å²) in [6.07, 6.45) is 1.75. The van der Waals surface area contributed by atoms with Gasteiger partial charge in [-0.1, -0.05) is 24.3 Å². The van der Waals surface area contributed by atoms with Gasteiger partial charge in [0.15, 0.2) is 0 Å². The largest absolute Gasteiger partial charge is 0.350 e. The summed E-state index contributed by atoms with van der Waals surface area (Å²) in [5.74, 6) is -0.501. The fraction of sp³-hybridized carbons (Fsp3) is 0.350. The maximum Gasteiger partial charge on any atom is 0.232 e. The number of carbonyl (C=O) groups is 1. The second kappa shape index (κ2) is 8.99. The van der Waals surface area contributed by atoms with Crippen molar-refractivity contribution in [2.75, 3.05) is 17.1 Å². The van der Waals surface area contributed by atoms with Gasteiger partial charge in [0.1, 0.15) is 5.82 Å². The van der Waals surface area contributed by atoms with Gasteiger partial charge in [-0.25, -0.2) is 12.8 Å². The lowest BCUT2D eigenvalue weighted by Gasteiger charge is -2.23. The minimum absolute atomic E-state index is 0.176. The number of anilines is 1. The Hall–Kier alpha value is -2.41. The highest BCUT2D eigenvalue weighted by Crippen LogP contribution is 2.20. The van der Waals surface area contributed by atoms with Crippen molar-refractivity contribution < 1.29 is 17.6 Å². The van der Waals surface area contributed by atoms with Gasteiger partial charge in [-0.05, 0) is 55.7 Å². The predicted octanol–water partition coefficient (Wildman–Crippen LogP) is 3.56. The Labute approximate surface area is 160 Å². The smallest absolute Gasteiger partial charge is 0.232 e. The molecule has 7 heteroatoms. The van der Waals surface area contributed by atoms with Crippen LogP contribution in [-0.2, 0) is 14.8 Å². The monoisotopic (exact) mass is 392 g/mol. The van der Waals surface area contributed by atoms with Gasteiger partial charge in [-0.15, -0.1) is 0 Å². The summed E-state index contributed by atoms with van der Waals surface area (Å²) in [5, 5.41) is 2.85. The predicted molar refractivity (Wildman–Crippen MR) is 106 cm³/mol. The van der Waals surface area contributed by atoms with E-state index in [2.05, 4.69) is 5.32 Å². The lowest BCUT2D eigenvalue weighted by Crippen LogP contribution is -2.32. The number of nitrogens with one attached hydrogen (secondary N) is 1. The van der Waals surface area contributed by atoms with Crippen molar-refractivity contribution in [3.8, 4) is 0 Å². The lowest BCUT2D eigenvalue weighted by molar-refractivity contribution is -0.121. The van der Waals surface area contributed by atoms with Gasteiger partial charge in [0.2, 0.25) is 15.9 Å².